The molecule has 1 unspecified atom stereocenters. The van der Waals surface area contributed by atoms with Crippen LogP contribution in [0.2, 0.25) is 0 Å². The lowest BCUT2D eigenvalue weighted by Crippen LogP contribution is -1.97. The molecule has 0 N–H and O–H groups in total. The van der Waals surface area contributed by atoms with Gasteiger partial charge in [-0.2, -0.15) is 0 Å². The van der Waals surface area contributed by atoms with Gasteiger partial charge in [-0.05, 0) is 25.5 Å². The smallest absolute Gasteiger partial charge is 0.132 e. The predicted octanol–water partition coefficient (Wildman–Crippen LogP) is 2.93. The molecule has 0 aliphatic carbocycles. The van der Waals surface area contributed by atoms with Crippen LogP contribution in [0.3, 0.4) is 0 Å². The van der Waals surface area contributed by atoms with E-state index in [4.69, 9.17) is 9.15 Å². The second kappa shape index (κ2) is 4.78. The monoisotopic (exact) mass is 166 g/mol. The largest absolute Gasteiger partial charge is 0.467 e. The van der Waals surface area contributed by atoms with E-state index in [2.05, 4.69) is 6.08 Å². The maximum atomic E-state index is 5.25. The SMILES string of the molecule is CC=CCC(OC)c1ccco1. The quantitative estimate of drug-likeness (QED) is 0.641. The number of hydrogen-bond acceptors (Lipinski definition) is 2. The molecular formula is C10H14O2. The van der Waals surface area contributed by atoms with Crippen molar-refractivity contribution in [3.63, 3.8) is 0 Å². The second-order valence-corrected chi connectivity index (χ2v) is 2.54. The molecule has 0 fully saturated rings. The zero-order valence-corrected chi connectivity index (χ0v) is 7.49. The van der Waals surface area contributed by atoms with Crippen molar-refractivity contribution in [3.8, 4) is 0 Å². The van der Waals surface area contributed by atoms with Crippen LogP contribution in [-0.4, -0.2) is 7.11 Å². The van der Waals surface area contributed by atoms with Gasteiger partial charge in [0.25, 0.3) is 0 Å². The van der Waals surface area contributed by atoms with Crippen LogP contribution in [0.5, 0.6) is 0 Å². The number of hydrogen-bond donors (Lipinski definition) is 0. The highest BCUT2D eigenvalue weighted by Gasteiger charge is 2.10. The lowest BCUT2D eigenvalue weighted by atomic mass is 10.2. The fourth-order valence-corrected chi connectivity index (χ4v) is 1.06. The van der Waals surface area contributed by atoms with Gasteiger partial charge in [0.05, 0.1) is 6.26 Å². The van der Waals surface area contributed by atoms with Gasteiger partial charge in [-0.25, -0.2) is 0 Å². The molecule has 0 saturated carbocycles. The number of ether oxygens (including phenoxy) is 1. The molecule has 1 atom stereocenters. The molecule has 0 spiro atoms. The average molecular weight is 166 g/mol. The molecule has 1 aromatic rings. The minimum Gasteiger partial charge on any atom is -0.467 e. The average Bonchev–Trinajstić information content (AvgIpc) is 2.59. The van der Waals surface area contributed by atoms with Crippen molar-refractivity contribution in [1.29, 1.82) is 0 Å². The molecule has 2 heteroatoms. The summed E-state index contributed by atoms with van der Waals surface area (Å²) >= 11 is 0. The summed E-state index contributed by atoms with van der Waals surface area (Å²) in [5.41, 5.74) is 0. The van der Waals surface area contributed by atoms with Crippen molar-refractivity contribution in [1.82, 2.24) is 0 Å². The van der Waals surface area contributed by atoms with Crippen molar-refractivity contribution < 1.29 is 9.15 Å². The normalized spacial score (nSPS) is 13.8. The number of furan rings is 1. The van der Waals surface area contributed by atoms with Crippen molar-refractivity contribution in [2.75, 3.05) is 7.11 Å². The van der Waals surface area contributed by atoms with E-state index in [1.54, 1.807) is 13.4 Å². The standard InChI is InChI=1S/C10H14O2/c1-3-4-6-9(11-2)10-7-5-8-12-10/h3-5,7-9H,6H2,1-2H3. The van der Waals surface area contributed by atoms with Crippen LogP contribution < -0.4 is 0 Å². The summed E-state index contributed by atoms with van der Waals surface area (Å²) in [6, 6.07) is 3.80. The third-order valence-corrected chi connectivity index (χ3v) is 1.73. The fourth-order valence-electron chi connectivity index (χ4n) is 1.06. The van der Waals surface area contributed by atoms with E-state index >= 15 is 0 Å². The Morgan fingerprint density at radius 3 is 3.00 bits per heavy atom. The van der Waals surface area contributed by atoms with Crippen LogP contribution in [-0.2, 0) is 4.74 Å². The molecule has 0 amide bonds. The molecule has 0 bridgehead atoms. The lowest BCUT2D eigenvalue weighted by Gasteiger charge is -2.09. The highest BCUT2D eigenvalue weighted by Crippen LogP contribution is 2.20. The summed E-state index contributed by atoms with van der Waals surface area (Å²) in [6.45, 7) is 1.99. The van der Waals surface area contributed by atoms with Crippen LogP contribution in [0.15, 0.2) is 35.0 Å². The van der Waals surface area contributed by atoms with Crippen LogP contribution >= 0.6 is 0 Å². The van der Waals surface area contributed by atoms with Crippen LogP contribution in [0.25, 0.3) is 0 Å². The van der Waals surface area contributed by atoms with Gasteiger partial charge in [0.2, 0.25) is 0 Å². The van der Waals surface area contributed by atoms with E-state index in [0.29, 0.717) is 0 Å². The molecule has 0 radical (unpaired) electrons. The van der Waals surface area contributed by atoms with Crippen molar-refractivity contribution in [3.05, 3.63) is 36.3 Å². The zero-order valence-electron chi connectivity index (χ0n) is 7.49. The highest BCUT2D eigenvalue weighted by molar-refractivity contribution is 5.03. The van der Waals surface area contributed by atoms with Crippen LogP contribution in [0, 0.1) is 0 Å². The van der Waals surface area contributed by atoms with Gasteiger partial charge in [0, 0.05) is 7.11 Å². The summed E-state index contributed by atoms with van der Waals surface area (Å²) in [7, 11) is 1.69. The van der Waals surface area contributed by atoms with Gasteiger partial charge in [-0.3, -0.25) is 0 Å². The predicted molar refractivity (Wildman–Crippen MR) is 47.9 cm³/mol. The van der Waals surface area contributed by atoms with Gasteiger partial charge in [-0.1, -0.05) is 12.2 Å². The molecule has 66 valence electrons. The first-order valence-electron chi connectivity index (χ1n) is 4.05. The molecule has 2 nitrogen and oxygen atoms in total. The lowest BCUT2D eigenvalue weighted by molar-refractivity contribution is 0.0864. The van der Waals surface area contributed by atoms with E-state index in [-0.39, 0.29) is 6.10 Å². The molecule has 0 aliphatic heterocycles. The number of rotatable bonds is 4. The fraction of sp³-hybridized carbons (Fsp3) is 0.400. The molecule has 0 aromatic carbocycles. The number of methoxy groups -OCH3 is 1. The van der Waals surface area contributed by atoms with Gasteiger partial charge >= 0.3 is 0 Å². The number of allylic oxidation sites excluding steroid dienone is 1. The summed E-state index contributed by atoms with van der Waals surface area (Å²) < 4.78 is 10.5. The summed E-state index contributed by atoms with van der Waals surface area (Å²) in [4.78, 5) is 0. The Morgan fingerprint density at radius 1 is 1.67 bits per heavy atom. The van der Waals surface area contributed by atoms with E-state index in [1.165, 1.54) is 0 Å². The molecule has 1 heterocycles. The molecule has 0 saturated heterocycles. The Bertz CT molecular complexity index is 224. The summed E-state index contributed by atoms with van der Waals surface area (Å²) in [5, 5.41) is 0. The van der Waals surface area contributed by atoms with Crippen molar-refractivity contribution in [2.45, 2.75) is 19.4 Å². The Balaban J connectivity index is 2.57. The van der Waals surface area contributed by atoms with Gasteiger partial charge in [0.1, 0.15) is 11.9 Å². The van der Waals surface area contributed by atoms with Crippen LogP contribution in [0.4, 0.5) is 0 Å². The van der Waals surface area contributed by atoms with E-state index in [1.807, 2.05) is 25.1 Å². The molecule has 1 aromatic heterocycles. The first kappa shape index (κ1) is 9.07. The molecule has 12 heavy (non-hydrogen) atoms. The summed E-state index contributed by atoms with van der Waals surface area (Å²) in [6.07, 6.45) is 6.65. The minimum absolute atomic E-state index is 0.0520. The maximum Gasteiger partial charge on any atom is 0.132 e. The first-order chi connectivity index (χ1) is 5.88. The van der Waals surface area contributed by atoms with Gasteiger partial charge in [-0.15, -0.1) is 0 Å². The Hall–Kier alpha value is -1.02. The Labute approximate surface area is 72.8 Å². The van der Waals surface area contributed by atoms with Gasteiger partial charge < -0.3 is 9.15 Å². The van der Waals surface area contributed by atoms with E-state index in [0.717, 1.165) is 12.2 Å². The molecule has 0 aliphatic rings. The second-order valence-electron chi connectivity index (χ2n) is 2.54. The molecular weight excluding hydrogens is 152 g/mol. The van der Waals surface area contributed by atoms with Crippen molar-refractivity contribution in [2.24, 2.45) is 0 Å². The summed E-state index contributed by atoms with van der Waals surface area (Å²) in [5.74, 6) is 0.885. The van der Waals surface area contributed by atoms with Gasteiger partial charge in [0.15, 0.2) is 0 Å². The van der Waals surface area contributed by atoms with Crippen molar-refractivity contribution >= 4 is 0 Å². The third kappa shape index (κ3) is 2.24. The topological polar surface area (TPSA) is 22.4 Å². The minimum atomic E-state index is 0.0520. The Morgan fingerprint density at radius 2 is 2.50 bits per heavy atom. The Kier molecular flexibility index (Phi) is 3.61. The van der Waals surface area contributed by atoms with E-state index in [9.17, 15) is 0 Å². The third-order valence-electron chi connectivity index (χ3n) is 1.73. The highest BCUT2D eigenvalue weighted by atomic mass is 16.5. The van der Waals surface area contributed by atoms with Crippen LogP contribution in [0.1, 0.15) is 25.2 Å². The maximum absolute atomic E-state index is 5.25. The first-order valence-corrected chi connectivity index (χ1v) is 4.05. The van der Waals surface area contributed by atoms with E-state index < -0.39 is 0 Å². The molecule has 1 rings (SSSR count). The zero-order chi connectivity index (χ0) is 8.81.